The number of piperazine rings is 1. The van der Waals surface area contributed by atoms with Crippen molar-refractivity contribution < 1.29 is 4.79 Å². The molecule has 0 saturated carbocycles. The lowest BCUT2D eigenvalue weighted by Gasteiger charge is -2.34. The molecule has 2 aliphatic rings. The van der Waals surface area contributed by atoms with E-state index in [0.717, 1.165) is 49.0 Å². The molecule has 1 saturated heterocycles. The minimum absolute atomic E-state index is 0.221. The number of thiazole rings is 1. The predicted molar refractivity (Wildman–Crippen MR) is 91.2 cm³/mol. The van der Waals surface area contributed by atoms with E-state index in [4.69, 9.17) is 0 Å². The number of fused-ring (bicyclic) bond motifs is 1. The normalized spacial score (nSPS) is 18.4. The molecule has 6 heteroatoms. The van der Waals surface area contributed by atoms with Gasteiger partial charge < -0.3 is 9.80 Å². The third-order valence-electron chi connectivity index (χ3n) is 4.46. The van der Waals surface area contributed by atoms with Gasteiger partial charge in [-0.25, -0.2) is 4.98 Å². The van der Waals surface area contributed by atoms with Crippen LogP contribution in [0.4, 0.5) is 5.13 Å². The van der Waals surface area contributed by atoms with Crippen molar-refractivity contribution in [3.05, 3.63) is 33.0 Å². The molecule has 0 spiro atoms. The number of nitrogens with zero attached hydrogens (tertiary/aromatic N) is 3. The Hall–Kier alpha value is -1.40. The van der Waals surface area contributed by atoms with Gasteiger partial charge in [-0.1, -0.05) is 0 Å². The molecule has 0 bridgehead atoms. The average Bonchev–Trinajstić information content (AvgIpc) is 3.23. The summed E-state index contributed by atoms with van der Waals surface area (Å²) in [5.41, 5.74) is 1.42. The van der Waals surface area contributed by atoms with Gasteiger partial charge in [-0.2, -0.15) is 0 Å². The summed E-state index contributed by atoms with van der Waals surface area (Å²) in [5.74, 6) is 0.221. The van der Waals surface area contributed by atoms with E-state index in [-0.39, 0.29) is 5.91 Å². The smallest absolute Gasteiger partial charge is 0.264 e. The summed E-state index contributed by atoms with van der Waals surface area (Å²) in [7, 11) is 0. The van der Waals surface area contributed by atoms with Crippen LogP contribution < -0.4 is 4.90 Å². The van der Waals surface area contributed by atoms with Crippen LogP contribution >= 0.6 is 22.7 Å². The maximum atomic E-state index is 12.7. The fraction of sp³-hybridized carbons (Fsp3) is 0.500. The van der Waals surface area contributed by atoms with Crippen LogP contribution in [0.3, 0.4) is 0 Å². The van der Waals surface area contributed by atoms with Gasteiger partial charge in [-0.15, -0.1) is 22.7 Å². The van der Waals surface area contributed by atoms with Gasteiger partial charge in [-0.3, -0.25) is 4.79 Å². The third kappa shape index (κ3) is 2.65. The highest BCUT2D eigenvalue weighted by molar-refractivity contribution is 7.14. The first-order valence-corrected chi connectivity index (χ1v) is 9.56. The minimum Gasteiger partial charge on any atom is -0.345 e. The lowest BCUT2D eigenvalue weighted by molar-refractivity contribution is 0.0751. The van der Waals surface area contributed by atoms with Crippen LogP contribution in [0, 0.1) is 0 Å². The molecule has 22 heavy (non-hydrogen) atoms. The van der Waals surface area contributed by atoms with Gasteiger partial charge in [0.25, 0.3) is 5.91 Å². The first kappa shape index (κ1) is 14.2. The van der Waals surface area contributed by atoms with E-state index in [1.807, 2.05) is 16.5 Å². The first-order valence-electron chi connectivity index (χ1n) is 7.86. The number of anilines is 1. The van der Waals surface area contributed by atoms with Gasteiger partial charge in [0, 0.05) is 42.6 Å². The summed E-state index contributed by atoms with van der Waals surface area (Å²) in [5, 5.41) is 3.07. The van der Waals surface area contributed by atoms with Crippen molar-refractivity contribution in [1.82, 2.24) is 9.88 Å². The van der Waals surface area contributed by atoms with Crippen LogP contribution in [0.15, 0.2) is 17.6 Å². The molecule has 0 N–H and O–H groups in total. The Balaban J connectivity index is 1.42. The first-order chi connectivity index (χ1) is 10.8. The fourth-order valence-corrected chi connectivity index (χ4v) is 5.14. The summed E-state index contributed by atoms with van der Waals surface area (Å²) in [6, 6.07) is 2.15. The van der Waals surface area contributed by atoms with Gasteiger partial charge in [0.1, 0.15) is 0 Å². The van der Waals surface area contributed by atoms with Gasteiger partial charge in [-0.05, 0) is 37.3 Å². The standard InChI is InChI=1S/C16H19N3OS2/c20-15(14-11-12-3-1-2-4-13(12)22-14)18-6-8-19(9-7-18)16-17-5-10-21-16/h5,10-11H,1-4,6-9H2. The zero-order valence-electron chi connectivity index (χ0n) is 12.5. The predicted octanol–water partition coefficient (Wildman–Crippen LogP) is 3.05. The van der Waals surface area contributed by atoms with Crippen molar-refractivity contribution >= 4 is 33.7 Å². The Morgan fingerprint density at radius 2 is 1.95 bits per heavy atom. The van der Waals surface area contributed by atoms with Crippen molar-refractivity contribution in [2.24, 2.45) is 0 Å². The Bertz CT molecular complexity index is 633. The van der Waals surface area contributed by atoms with Gasteiger partial charge in [0.15, 0.2) is 5.13 Å². The number of aromatic nitrogens is 1. The van der Waals surface area contributed by atoms with Gasteiger partial charge >= 0.3 is 0 Å². The maximum Gasteiger partial charge on any atom is 0.264 e. The van der Waals surface area contributed by atoms with Gasteiger partial charge in [0.05, 0.1) is 4.88 Å². The van der Waals surface area contributed by atoms with E-state index in [0.29, 0.717) is 0 Å². The quantitative estimate of drug-likeness (QED) is 0.847. The molecule has 1 aliphatic heterocycles. The van der Waals surface area contributed by atoms with Crippen LogP contribution in [0.25, 0.3) is 0 Å². The summed E-state index contributed by atoms with van der Waals surface area (Å²) >= 11 is 3.39. The van der Waals surface area contributed by atoms with E-state index < -0.39 is 0 Å². The number of thiophene rings is 1. The lowest BCUT2D eigenvalue weighted by Crippen LogP contribution is -2.48. The van der Waals surface area contributed by atoms with Crippen molar-refractivity contribution in [2.75, 3.05) is 31.1 Å². The number of hydrogen-bond acceptors (Lipinski definition) is 5. The maximum absolute atomic E-state index is 12.7. The Labute approximate surface area is 138 Å². The summed E-state index contributed by atoms with van der Waals surface area (Å²) in [4.78, 5) is 23.7. The van der Waals surface area contributed by atoms with E-state index in [1.54, 1.807) is 22.7 Å². The topological polar surface area (TPSA) is 36.4 Å². The molecule has 1 amide bonds. The molecular weight excluding hydrogens is 314 g/mol. The van der Waals surface area contributed by atoms with Crippen LogP contribution in [-0.4, -0.2) is 42.0 Å². The highest BCUT2D eigenvalue weighted by Crippen LogP contribution is 2.30. The monoisotopic (exact) mass is 333 g/mol. The molecule has 0 atom stereocenters. The zero-order chi connectivity index (χ0) is 14.9. The number of aryl methyl sites for hydroxylation is 2. The van der Waals surface area contributed by atoms with Crippen LogP contribution in [0.5, 0.6) is 0 Å². The molecule has 2 aromatic rings. The van der Waals surface area contributed by atoms with Gasteiger partial charge in [0.2, 0.25) is 0 Å². The van der Waals surface area contributed by atoms with Crippen molar-refractivity contribution in [1.29, 1.82) is 0 Å². The average molecular weight is 333 g/mol. The second-order valence-electron chi connectivity index (χ2n) is 5.86. The Morgan fingerprint density at radius 1 is 1.14 bits per heavy atom. The molecule has 0 aromatic carbocycles. The van der Waals surface area contributed by atoms with E-state index in [1.165, 1.54) is 23.3 Å². The Morgan fingerprint density at radius 3 is 2.68 bits per heavy atom. The molecule has 2 aromatic heterocycles. The molecule has 1 fully saturated rings. The zero-order valence-corrected chi connectivity index (χ0v) is 14.1. The van der Waals surface area contributed by atoms with E-state index in [2.05, 4.69) is 16.0 Å². The van der Waals surface area contributed by atoms with Crippen molar-refractivity contribution in [3.63, 3.8) is 0 Å². The van der Waals surface area contributed by atoms with Crippen molar-refractivity contribution in [2.45, 2.75) is 25.7 Å². The lowest BCUT2D eigenvalue weighted by atomic mass is 9.99. The highest BCUT2D eigenvalue weighted by atomic mass is 32.1. The number of rotatable bonds is 2. The largest absolute Gasteiger partial charge is 0.345 e. The fourth-order valence-electron chi connectivity index (χ4n) is 3.22. The van der Waals surface area contributed by atoms with Crippen LogP contribution in [0.2, 0.25) is 0 Å². The number of carbonyl (C=O) groups is 1. The summed E-state index contributed by atoms with van der Waals surface area (Å²) < 4.78 is 0. The molecule has 4 rings (SSSR count). The molecule has 4 nitrogen and oxygen atoms in total. The number of hydrogen-bond donors (Lipinski definition) is 0. The Kier molecular flexibility index (Phi) is 3.88. The molecule has 0 unspecified atom stereocenters. The second kappa shape index (κ2) is 6.01. The minimum atomic E-state index is 0.221. The van der Waals surface area contributed by atoms with E-state index in [9.17, 15) is 4.79 Å². The van der Waals surface area contributed by atoms with Crippen LogP contribution in [-0.2, 0) is 12.8 Å². The van der Waals surface area contributed by atoms with E-state index >= 15 is 0 Å². The second-order valence-corrected chi connectivity index (χ2v) is 7.87. The molecule has 3 heterocycles. The summed E-state index contributed by atoms with van der Waals surface area (Å²) in [6.07, 6.45) is 6.69. The number of amides is 1. The number of carbonyl (C=O) groups excluding carboxylic acids is 1. The molecule has 0 radical (unpaired) electrons. The van der Waals surface area contributed by atoms with Crippen LogP contribution in [0.1, 0.15) is 33.0 Å². The SMILES string of the molecule is O=C(c1cc2c(s1)CCCC2)N1CCN(c2nccs2)CC1. The molecule has 116 valence electrons. The summed E-state index contributed by atoms with van der Waals surface area (Å²) in [6.45, 7) is 3.34. The molecule has 1 aliphatic carbocycles. The van der Waals surface area contributed by atoms with Crippen molar-refractivity contribution in [3.8, 4) is 0 Å². The highest BCUT2D eigenvalue weighted by Gasteiger charge is 2.25. The molecular formula is C16H19N3OS2. The third-order valence-corrected chi connectivity index (χ3v) is 6.52.